The first-order valence-electron chi connectivity index (χ1n) is 23.0. The maximum absolute atomic E-state index is 13.1. The molecule has 9 atom stereocenters. The van der Waals surface area contributed by atoms with Crippen molar-refractivity contribution in [1.29, 1.82) is 0 Å². The van der Waals surface area contributed by atoms with Crippen LogP contribution in [0.4, 0.5) is 0 Å². The molecule has 0 amide bonds. The zero-order valence-electron chi connectivity index (χ0n) is 40.7. The van der Waals surface area contributed by atoms with E-state index in [1.54, 1.807) is 0 Å². The van der Waals surface area contributed by atoms with Crippen LogP contribution in [0.1, 0.15) is 144 Å². The van der Waals surface area contributed by atoms with Crippen LogP contribution in [0.3, 0.4) is 0 Å². The van der Waals surface area contributed by atoms with E-state index in [1.807, 2.05) is 95.1 Å². The molecule has 4 rings (SSSR count). The smallest absolute Gasteiger partial charge is 0.337 e. The van der Waals surface area contributed by atoms with Crippen molar-refractivity contribution in [2.75, 3.05) is 26.3 Å². The summed E-state index contributed by atoms with van der Waals surface area (Å²) in [4.78, 5) is 87.9. The van der Waals surface area contributed by atoms with Crippen LogP contribution in [0.25, 0.3) is 0 Å². The highest BCUT2D eigenvalue weighted by Gasteiger charge is 2.55. The number of carbonyl (C=O) groups excluding carboxylic acids is 6. The summed E-state index contributed by atoms with van der Waals surface area (Å²) in [5, 5.41) is 4.05. The van der Waals surface area contributed by atoms with Crippen LogP contribution < -0.4 is 0 Å². The van der Waals surface area contributed by atoms with Gasteiger partial charge in [-0.3, -0.25) is 19.3 Å². The molecule has 2 heterocycles. The van der Waals surface area contributed by atoms with Crippen molar-refractivity contribution < 1.29 is 47.9 Å². The minimum atomic E-state index is -0.863. The number of isocyanates is 2. The fourth-order valence-corrected chi connectivity index (χ4v) is 8.27. The highest BCUT2D eigenvalue weighted by molar-refractivity contribution is 5.84. The van der Waals surface area contributed by atoms with Crippen molar-refractivity contribution in [3.05, 3.63) is 84.4 Å². The molecule has 0 N–H and O–H groups in total. The molecule has 2 aliphatic rings. The maximum atomic E-state index is 13.1. The van der Waals surface area contributed by atoms with E-state index in [2.05, 4.69) is 73.1 Å². The van der Waals surface area contributed by atoms with E-state index in [4.69, 9.17) is 14.4 Å². The number of carbonyl (C=O) groups is 4. The van der Waals surface area contributed by atoms with Gasteiger partial charge in [-0.25, -0.2) is 29.2 Å². The molecule has 0 bridgehead atoms. The first-order valence-corrected chi connectivity index (χ1v) is 23.0. The highest BCUT2D eigenvalue weighted by Crippen LogP contribution is 2.45. The lowest BCUT2D eigenvalue weighted by Gasteiger charge is -2.56. The number of Topliss-reactive ketones (excluding diaryl/α,β-unsaturated/α-hetero) is 2. The number of piperidine rings is 2. The van der Waals surface area contributed by atoms with Gasteiger partial charge in [-0.15, -0.1) is 0 Å². The number of nitrogens with zero attached hydrogens (tertiary/aromatic N) is 4. The van der Waals surface area contributed by atoms with Crippen molar-refractivity contribution in [1.82, 2.24) is 10.1 Å². The molecular weight excluding hydrogens is 829 g/mol. The van der Waals surface area contributed by atoms with Gasteiger partial charge in [-0.1, -0.05) is 116 Å². The molecule has 2 fully saturated rings. The van der Waals surface area contributed by atoms with Gasteiger partial charge in [0.25, 0.3) is 0 Å². The van der Waals surface area contributed by atoms with Crippen molar-refractivity contribution >= 4 is 35.7 Å². The van der Waals surface area contributed by atoms with Gasteiger partial charge in [0.05, 0.1) is 29.7 Å². The second-order valence-corrected chi connectivity index (χ2v) is 17.6. The quantitative estimate of drug-likeness (QED) is 0.0406. The molecule has 358 valence electrons. The molecule has 0 aliphatic carbocycles. The van der Waals surface area contributed by atoms with Crippen LogP contribution in [0.15, 0.2) is 83.3 Å². The molecule has 2 saturated heterocycles. The van der Waals surface area contributed by atoms with Gasteiger partial charge in [0.2, 0.25) is 12.2 Å². The van der Waals surface area contributed by atoms with Crippen LogP contribution in [0.2, 0.25) is 0 Å². The van der Waals surface area contributed by atoms with Gasteiger partial charge >= 0.3 is 11.9 Å². The number of hydroxylamine groups is 4. The third kappa shape index (κ3) is 15.9. The monoisotopic (exact) mass is 903 g/mol. The zero-order valence-corrected chi connectivity index (χ0v) is 40.7. The Morgan fingerprint density at radius 2 is 1.31 bits per heavy atom. The van der Waals surface area contributed by atoms with Crippen molar-refractivity contribution in [2.24, 2.45) is 21.8 Å². The topological polar surface area (TPSA) is 171 Å². The lowest BCUT2D eigenvalue weighted by Crippen LogP contribution is -2.67. The molecule has 0 radical (unpaired) electrons. The van der Waals surface area contributed by atoms with Gasteiger partial charge in [0, 0.05) is 36.8 Å². The molecule has 0 spiro atoms. The van der Waals surface area contributed by atoms with Crippen LogP contribution in [0.5, 0.6) is 0 Å². The van der Waals surface area contributed by atoms with Crippen LogP contribution >= 0.6 is 0 Å². The van der Waals surface area contributed by atoms with E-state index in [9.17, 15) is 28.8 Å². The average Bonchev–Trinajstić information content (AvgIpc) is 3.32. The van der Waals surface area contributed by atoms with Crippen LogP contribution in [-0.2, 0) is 47.9 Å². The Bertz CT molecular complexity index is 1920. The largest absolute Gasteiger partial charge is 0.462 e. The number of ketones is 2. The van der Waals surface area contributed by atoms with E-state index in [1.165, 1.54) is 17.7 Å². The Morgan fingerprint density at radius 3 is 1.80 bits per heavy atom. The fraction of sp³-hybridized carbons (Fsp3) is 0.608. The van der Waals surface area contributed by atoms with Crippen molar-refractivity contribution in [3.8, 4) is 0 Å². The molecule has 0 saturated carbocycles. The van der Waals surface area contributed by atoms with Crippen molar-refractivity contribution in [3.63, 3.8) is 0 Å². The molecule has 0 aromatic heterocycles. The Kier molecular flexibility index (Phi) is 23.8. The Balaban J connectivity index is 0.000000387. The summed E-state index contributed by atoms with van der Waals surface area (Å²) in [6, 6.07) is 20.4. The van der Waals surface area contributed by atoms with E-state index >= 15 is 0 Å². The molecular formula is C51H74N4O10. The molecule has 2 aromatic carbocycles. The first-order chi connectivity index (χ1) is 30.9. The standard InChI is InChI=1S/C26H38N2O5.C19H29NO2.C6H7NO3/c1-7-25(5)17-22(30)20(4)26(6,8-2)28(25)33-23(24(31)32-15-14-27-18-29)16-19(3)21-12-10-9-11-13-21;1-6-17-14(3)18(21)13-19(5,7-2)20(17)22-15(4)16-11-9-8-10-12-16;1-2-6(9)10-4-3-7-5-8/h9-13,19-20,23H,7-8,14-17H2,1-6H3;8-12,14-15,17H,6-7,13H2,1-5H3;2H,1,3-4H2. The number of aliphatic imine (C=N–C) groups is 2. The molecule has 14 nitrogen and oxygen atoms in total. The van der Waals surface area contributed by atoms with Gasteiger partial charge in [-0.05, 0) is 76.8 Å². The predicted octanol–water partition coefficient (Wildman–Crippen LogP) is 9.20. The molecule has 2 aliphatic heterocycles. The number of hydrogen-bond acceptors (Lipinski definition) is 14. The molecule has 9 unspecified atom stereocenters. The summed E-state index contributed by atoms with van der Waals surface area (Å²) in [5.74, 6) is -0.585. The number of ether oxygens (including phenoxy) is 2. The Hall–Kier alpha value is -4.94. The second-order valence-electron chi connectivity index (χ2n) is 17.6. The van der Waals surface area contributed by atoms with Crippen LogP contribution in [-0.4, -0.2) is 101 Å². The first kappa shape index (κ1) is 56.2. The SMILES string of the molecule is C=CC(=O)OCCN=C=O.CCC1(C)CC(=O)C(C)C(C)(CC)N1OC(CC(C)c1ccccc1)C(=O)OCCN=C=O.CCC1C(C)C(=O)CC(C)(CC)N1OC(C)c1ccccc1. The molecule has 2 aromatic rings. The molecule has 65 heavy (non-hydrogen) atoms. The summed E-state index contributed by atoms with van der Waals surface area (Å²) >= 11 is 0. The van der Waals surface area contributed by atoms with Gasteiger partial charge < -0.3 is 9.47 Å². The third-order valence-corrected chi connectivity index (χ3v) is 13.2. The average molecular weight is 903 g/mol. The fourth-order valence-electron chi connectivity index (χ4n) is 8.27. The minimum absolute atomic E-state index is 0.0125. The summed E-state index contributed by atoms with van der Waals surface area (Å²) in [6.07, 6.45) is 7.51. The van der Waals surface area contributed by atoms with E-state index < -0.39 is 29.1 Å². The normalized spacial score (nSPS) is 25.7. The number of hydrogen-bond donors (Lipinski definition) is 0. The summed E-state index contributed by atoms with van der Waals surface area (Å²) in [5.41, 5.74) is 0.956. The van der Waals surface area contributed by atoms with E-state index in [0.717, 1.165) is 24.5 Å². The Morgan fingerprint density at radius 1 is 0.785 bits per heavy atom. The zero-order chi connectivity index (χ0) is 48.8. The predicted molar refractivity (Wildman–Crippen MR) is 250 cm³/mol. The summed E-state index contributed by atoms with van der Waals surface area (Å²) < 4.78 is 9.87. The highest BCUT2D eigenvalue weighted by atomic mass is 16.7. The second kappa shape index (κ2) is 27.5. The van der Waals surface area contributed by atoms with Gasteiger partial charge in [0.1, 0.15) is 30.9 Å². The Labute approximate surface area is 387 Å². The summed E-state index contributed by atoms with van der Waals surface area (Å²) in [7, 11) is 0. The minimum Gasteiger partial charge on any atom is -0.462 e. The number of esters is 2. The number of benzene rings is 2. The lowest BCUT2D eigenvalue weighted by atomic mass is 9.70. The maximum Gasteiger partial charge on any atom is 0.337 e. The van der Waals surface area contributed by atoms with E-state index in [0.29, 0.717) is 37.9 Å². The third-order valence-electron chi connectivity index (χ3n) is 13.2. The van der Waals surface area contributed by atoms with Gasteiger partial charge in [-0.2, -0.15) is 10.1 Å². The number of rotatable bonds is 20. The summed E-state index contributed by atoms with van der Waals surface area (Å²) in [6.45, 7) is 26.1. The molecule has 14 heteroatoms. The van der Waals surface area contributed by atoms with E-state index in [-0.39, 0.29) is 67.5 Å². The van der Waals surface area contributed by atoms with Gasteiger partial charge in [0.15, 0.2) is 6.10 Å². The van der Waals surface area contributed by atoms with Crippen LogP contribution in [0, 0.1) is 11.8 Å². The lowest BCUT2D eigenvalue weighted by molar-refractivity contribution is -0.314. The van der Waals surface area contributed by atoms with Crippen molar-refractivity contribution in [2.45, 2.75) is 162 Å².